The van der Waals surface area contributed by atoms with Gasteiger partial charge in [-0.3, -0.25) is 0 Å². The van der Waals surface area contributed by atoms with Crippen molar-refractivity contribution < 1.29 is 4.42 Å². The van der Waals surface area contributed by atoms with Gasteiger partial charge in [-0.1, -0.05) is 18.2 Å². The summed E-state index contributed by atoms with van der Waals surface area (Å²) in [5.74, 6) is 1.57. The topological polar surface area (TPSA) is 51.8 Å². The van der Waals surface area contributed by atoms with Gasteiger partial charge in [0, 0.05) is 16.3 Å². The Kier molecular flexibility index (Phi) is 3.63. The van der Waals surface area contributed by atoms with Crippen molar-refractivity contribution in [2.75, 3.05) is 0 Å². The second-order valence-corrected chi connectivity index (χ2v) is 6.83. The zero-order valence-electron chi connectivity index (χ0n) is 12.6. The minimum absolute atomic E-state index is 0.611. The van der Waals surface area contributed by atoms with Gasteiger partial charge in [0.1, 0.15) is 10.8 Å². The van der Waals surface area contributed by atoms with E-state index in [1.807, 2.05) is 49.6 Å². The first-order valence-electron chi connectivity index (χ1n) is 7.12. The molecule has 0 unspecified atom stereocenters. The van der Waals surface area contributed by atoms with Crippen molar-refractivity contribution in [1.82, 2.24) is 15.0 Å². The van der Waals surface area contributed by atoms with Gasteiger partial charge in [-0.05, 0) is 43.1 Å². The quantitative estimate of drug-likeness (QED) is 0.485. The summed E-state index contributed by atoms with van der Waals surface area (Å²) in [7, 11) is 0. The van der Waals surface area contributed by atoms with E-state index in [1.54, 1.807) is 11.3 Å². The highest BCUT2D eigenvalue weighted by Gasteiger charge is 2.14. The number of hydrogen-bond acceptors (Lipinski definition) is 6. The number of hydrogen-bond donors (Lipinski definition) is 0. The summed E-state index contributed by atoms with van der Waals surface area (Å²) in [4.78, 5) is 13.9. The first kappa shape index (κ1) is 14.4. The molecule has 0 bridgehead atoms. The number of para-hydroxylation sites is 1. The fraction of sp³-hybridized carbons (Fsp3) is 0.118. The number of fused-ring (bicyclic) bond motifs is 1. The smallest absolute Gasteiger partial charge is 0.262 e. The summed E-state index contributed by atoms with van der Waals surface area (Å²) >= 11 is 3.08. The van der Waals surface area contributed by atoms with Gasteiger partial charge in [0.2, 0.25) is 0 Å². The van der Waals surface area contributed by atoms with Crippen molar-refractivity contribution in [3.63, 3.8) is 0 Å². The monoisotopic (exact) mass is 339 g/mol. The number of aromatic nitrogens is 3. The van der Waals surface area contributed by atoms with Crippen LogP contribution in [0.3, 0.4) is 0 Å². The van der Waals surface area contributed by atoms with Crippen molar-refractivity contribution in [1.29, 1.82) is 0 Å². The number of aryl methyl sites for hydroxylation is 2. The van der Waals surface area contributed by atoms with Gasteiger partial charge in [0.25, 0.3) is 5.22 Å². The number of oxazole rings is 1. The molecule has 0 aliphatic carbocycles. The van der Waals surface area contributed by atoms with Gasteiger partial charge in [0.15, 0.2) is 5.82 Å². The second kappa shape index (κ2) is 5.79. The first-order chi connectivity index (χ1) is 11.2. The summed E-state index contributed by atoms with van der Waals surface area (Å²) in [6.07, 6.45) is 0. The maximum absolute atomic E-state index is 5.69. The molecule has 0 spiro atoms. The van der Waals surface area contributed by atoms with Crippen molar-refractivity contribution in [3.05, 3.63) is 52.5 Å². The molecule has 0 amide bonds. The van der Waals surface area contributed by atoms with E-state index in [-0.39, 0.29) is 0 Å². The molecule has 4 nitrogen and oxygen atoms in total. The zero-order valence-corrected chi connectivity index (χ0v) is 14.2. The van der Waals surface area contributed by atoms with Gasteiger partial charge in [-0.25, -0.2) is 15.0 Å². The van der Waals surface area contributed by atoms with Crippen LogP contribution in [0.5, 0.6) is 0 Å². The van der Waals surface area contributed by atoms with E-state index < -0.39 is 0 Å². The second-order valence-electron chi connectivity index (χ2n) is 5.10. The highest BCUT2D eigenvalue weighted by molar-refractivity contribution is 7.99. The summed E-state index contributed by atoms with van der Waals surface area (Å²) < 4.78 is 5.69. The Morgan fingerprint density at radius 2 is 1.91 bits per heavy atom. The average molecular weight is 339 g/mol. The minimum Gasteiger partial charge on any atom is -0.436 e. The fourth-order valence-electron chi connectivity index (χ4n) is 2.22. The van der Waals surface area contributed by atoms with Gasteiger partial charge in [-0.2, -0.15) is 11.3 Å². The molecule has 3 heterocycles. The molecule has 4 rings (SSSR count). The SMILES string of the molecule is Cc1nc(Sc2nc(-c3ccsc3)nc3ccccc23)oc1C. The third kappa shape index (κ3) is 2.75. The van der Waals surface area contributed by atoms with E-state index in [0.29, 0.717) is 5.22 Å². The molecule has 0 aliphatic heterocycles. The molecular weight excluding hydrogens is 326 g/mol. The van der Waals surface area contributed by atoms with E-state index in [2.05, 4.69) is 15.3 Å². The van der Waals surface area contributed by atoms with Gasteiger partial charge in [0.05, 0.1) is 11.2 Å². The maximum Gasteiger partial charge on any atom is 0.262 e. The van der Waals surface area contributed by atoms with Gasteiger partial charge >= 0.3 is 0 Å². The molecule has 0 saturated heterocycles. The lowest BCUT2D eigenvalue weighted by Crippen LogP contribution is -1.93. The molecule has 0 atom stereocenters. The minimum atomic E-state index is 0.611. The number of rotatable bonds is 3. The van der Waals surface area contributed by atoms with Crippen LogP contribution in [0.2, 0.25) is 0 Å². The van der Waals surface area contributed by atoms with E-state index in [4.69, 9.17) is 9.40 Å². The van der Waals surface area contributed by atoms with E-state index in [9.17, 15) is 0 Å². The first-order valence-corrected chi connectivity index (χ1v) is 8.88. The maximum atomic E-state index is 5.69. The van der Waals surface area contributed by atoms with Crippen molar-refractivity contribution in [3.8, 4) is 11.4 Å². The molecule has 3 aromatic heterocycles. The third-order valence-corrected chi connectivity index (χ3v) is 5.08. The lowest BCUT2D eigenvalue weighted by molar-refractivity contribution is 0.431. The molecule has 6 heteroatoms. The van der Waals surface area contributed by atoms with Crippen LogP contribution in [0.4, 0.5) is 0 Å². The molecular formula is C17H13N3OS2. The van der Waals surface area contributed by atoms with Gasteiger partial charge in [-0.15, -0.1) is 0 Å². The molecule has 0 aliphatic rings. The lowest BCUT2D eigenvalue weighted by atomic mass is 10.2. The highest BCUT2D eigenvalue weighted by atomic mass is 32.2. The molecule has 0 fully saturated rings. The number of nitrogens with zero attached hydrogens (tertiary/aromatic N) is 3. The van der Waals surface area contributed by atoms with E-state index in [0.717, 1.165) is 38.8 Å². The Morgan fingerprint density at radius 1 is 1.04 bits per heavy atom. The average Bonchev–Trinajstić information content (AvgIpc) is 3.18. The Hall–Kier alpha value is -2.18. The summed E-state index contributed by atoms with van der Waals surface area (Å²) in [5.41, 5.74) is 2.86. The summed E-state index contributed by atoms with van der Waals surface area (Å²) in [6, 6.07) is 10.0. The predicted octanol–water partition coefficient (Wildman–Crippen LogP) is 5.11. The van der Waals surface area contributed by atoms with Gasteiger partial charge < -0.3 is 4.42 Å². The van der Waals surface area contributed by atoms with Crippen molar-refractivity contribution in [2.24, 2.45) is 0 Å². The fourth-order valence-corrected chi connectivity index (χ4v) is 3.78. The van der Waals surface area contributed by atoms with Crippen LogP contribution in [0.15, 0.2) is 55.8 Å². The van der Waals surface area contributed by atoms with Crippen molar-refractivity contribution in [2.45, 2.75) is 24.1 Å². The van der Waals surface area contributed by atoms with Crippen LogP contribution in [0.25, 0.3) is 22.3 Å². The van der Waals surface area contributed by atoms with Crippen LogP contribution in [0, 0.1) is 13.8 Å². The molecule has 0 saturated carbocycles. The lowest BCUT2D eigenvalue weighted by Gasteiger charge is -2.06. The standard InChI is InChI=1S/C17H13N3OS2/c1-10-11(2)21-17(18-10)23-16-13-5-3-4-6-14(13)19-15(20-16)12-7-8-22-9-12/h3-9H,1-2H3. The predicted molar refractivity (Wildman–Crippen MR) is 93.0 cm³/mol. The van der Waals surface area contributed by atoms with Crippen LogP contribution in [0.1, 0.15) is 11.5 Å². The Bertz CT molecular complexity index is 957. The highest BCUT2D eigenvalue weighted by Crippen LogP contribution is 2.33. The van der Waals surface area contributed by atoms with Crippen LogP contribution < -0.4 is 0 Å². The molecule has 4 aromatic rings. The Morgan fingerprint density at radius 3 is 2.65 bits per heavy atom. The normalized spacial score (nSPS) is 11.2. The Labute approximate surface area is 141 Å². The summed E-state index contributed by atoms with van der Waals surface area (Å²) in [6.45, 7) is 3.86. The van der Waals surface area contributed by atoms with E-state index in [1.165, 1.54) is 11.8 Å². The number of benzene rings is 1. The van der Waals surface area contributed by atoms with Crippen LogP contribution in [-0.4, -0.2) is 15.0 Å². The zero-order chi connectivity index (χ0) is 15.8. The molecule has 0 N–H and O–H groups in total. The Balaban J connectivity index is 1.86. The van der Waals surface area contributed by atoms with Crippen LogP contribution in [-0.2, 0) is 0 Å². The molecule has 1 aromatic carbocycles. The molecule has 114 valence electrons. The van der Waals surface area contributed by atoms with Crippen molar-refractivity contribution >= 4 is 34.0 Å². The largest absolute Gasteiger partial charge is 0.436 e. The van der Waals surface area contributed by atoms with E-state index >= 15 is 0 Å². The summed E-state index contributed by atoms with van der Waals surface area (Å²) in [5, 5.41) is 6.56. The molecule has 23 heavy (non-hydrogen) atoms. The third-order valence-electron chi connectivity index (χ3n) is 3.54. The number of thiophene rings is 1. The molecule has 0 radical (unpaired) electrons. The van der Waals surface area contributed by atoms with Crippen LogP contribution >= 0.6 is 23.1 Å².